The van der Waals surface area contributed by atoms with E-state index in [0.717, 1.165) is 11.4 Å². The Hall–Kier alpha value is -7.04. The van der Waals surface area contributed by atoms with Crippen LogP contribution in [0, 0.1) is 0 Å². The highest BCUT2D eigenvalue weighted by Gasteiger charge is 2.20. The summed E-state index contributed by atoms with van der Waals surface area (Å²) in [5, 5.41) is 10.3. The summed E-state index contributed by atoms with van der Waals surface area (Å²) in [6, 6.07) is 78.1. The van der Waals surface area contributed by atoms with Gasteiger partial charge in [-0.05, 0) is 110 Å². The van der Waals surface area contributed by atoms with E-state index >= 15 is 0 Å². The van der Waals surface area contributed by atoms with Crippen molar-refractivity contribution in [2.24, 2.45) is 0 Å². The van der Waals surface area contributed by atoms with Crippen molar-refractivity contribution >= 4 is 102 Å². The second kappa shape index (κ2) is 13.8. The highest BCUT2D eigenvalue weighted by molar-refractivity contribution is 7.27. The molecule has 12 aromatic rings. The number of thiophene rings is 2. The molecule has 10 aromatic carbocycles. The molecule has 0 atom stereocenters. The smallest absolute Gasteiger partial charge is 0.0640 e. The van der Waals surface area contributed by atoms with E-state index in [1.165, 1.54) is 101 Å². The van der Waals surface area contributed by atoms with E-state index in [-0.39, 0.29) is 0 Å². The van der Waals surface area contributed by atoms with E-state index in [1.807, 2.05) is 22.7 Å². The molecule has 1 nitrogen and oxygen atoms in total. The number of hydrogen-bond acceptors (Lipinski definition) is 3. The van der Waals surface area contributed by atoms with E-state index in [2.05, 4.69) is 217 Å². The first kappa shape index (κ1) is 34.0. The quantitative estimate of drug-likeness (QED) is 0.152. The van der Waals surface area contributed by atoms with E-state index in [9.17, 15) is 0 Å². The lowest BCUT2D eigenvalue weighted by molar-refractivity contribution is 1.30. The summed E-state index contributed by atoms with van der Waals surface area (Å²) in [7, 11) is 0. The molecule has 0 aliphatic carbocycles. The molecular formula is C56H35NS2. The minimum absolute atomic E-state index is 1.12. The maximum atomic E-state index is 2.45. The van der Waals surface area contributed by atoms with E-state index in [1.54, 1.807) is 0 Å². The minimum atomic E-state index is 1.12. The summed E-state index contributed by atoms with van der Waals surface area (Å²) in [6.07, 6.45) is 0. The first-order valence-electron chi connectivity index (χ1n) is 20.1. The summed E-state index contributed by atoms with van der Waals surface area (Å²) < 4.78 is 5.24. The summed E-state index contributed by atoms with van der Waals surface area (Å²) in [6.45, 7) is 0. The van der Waals surface area contributed by atoms with Gasteiger partial charge >= 0.3 is 0 Å². The zero-order valence-electron chi connectivity index (χ0n) is 32.0. The number of rotatable bonds is 6. The Morgan fingerprint density at radius 1 is 0.288 bits per heavy atom. The predicted molar refractivity (Wildman–Crippen MR) is 258 cm³/mol. The van der Waals surface area contributed by atoms with Crippen LogP contribution in [-0.4, -0.2) is 0 Å². The second-order valence-corrected chi connectivity index (χ2v) is 17.3. The third-order valence-electron chi connectivity index (χ3n) is 11.9. The minimum Gasteiger partial charge on any atom is -0.309 e. The van der Waals surface area contributed by atoms with Crippen LogP contribution in [0.15, 0.2) is 212 Å². The number of fused-ring (bicyclic) bond motifs is 9. The Labute approximate surface area is 350 Å². The fraction of sp³-hybridized carbons (Fsp3) is 0. The largest absolute Gasteiger partial charge is 0.309 e. The molecule has 0 spiro atoms. The summed E-state index contributed by atoms with van der Waals surface area (Å²) in [5.74, 6) is 0. The number of hydrogen-bond donors (Lipinski definition) is 0. The molecule has 0 unspecified atom stereocenters. The lowest BCUT2D eigenvalue weighted by Crippen LogP contribution is -2.10. The normalized spacial score (nSPS) is 11.7. The van der Waals surface area contributed by atoms with Crippen LogP contribution in [0.4, 0.5) is 17.1 Å². The molecule has 2 aromatic heterocycles. The van der Waals surface area contributed by atoms with Crippen molar-refractivity contribution in [1.82, 2.24) is 0 Å². The molecule has 12 rings (SSSR count). The van der Waals surface area contributed by atoms with Crippen molar-refractivity contribution in [2.75, 3.05) is 4.90 Å². The predicted octanol–water partition coefficient (Wildman–Crippen LogP) is 17.2. The van der Waals surface area contributed by atoms with Crippen LogP contribution in [0.2, 0.25) is 0 Å². The van der Waals surface area contributed by atoms with Crippen LogP contribution in [0.25, 0.3) is 95.3 Å². The highest BCUT2D eigenvalue weighted by Crippen LogP contribution is 2.48. The summed E-state index contributed by atoms with van der Waals surface area (Å²) in [5.41, 5.74) is 10.8. The van der Waals surface area contributed by atoms with Gasteiger partial charge in [-0.3, -0.25) is 0 Å². The molecule has 0 amide bonds. The zero-order valence-corrected chi connectivity index (χ0v) is 33.6. The Bertz CT molecular complexity index is 3540. The van der Waals surface area contributed by atoms with Gasteiger partial charge in [0.15, 0.2) is 0 Å². The van der Waals surface area contributed by atoms with Crippen LogP contribution in [-0.2, 0) is 0 Å². The van der Waals surface area contributed by atoms with Gasteiger partial charge in [-0.1, -0.05) is 158 Å². The molecule has 276 valence electrons. The SMILES string of the molecule is c1ccc(-c2cccc3c2sc2c(N(c4ccc(-c5ccc6sc7ccccc7c6c5)cc4)c4ccc(-c5cc6ccccc6c6ccccc56)cc4)cccc23)cc1. The van der Waals surface area contributed by atoms with Crippen LogP contribution in [0.3, 0.4) is 0 Å². The topological polar surface area (TPSA) is 3.24 Å². The van der Waals surface area contributed by atoms with Crippen molar-refractivity contribution < 1.29 is 0 Å². The molecule has 0 aliphatic rings. The molecule has 0 bridgehead atoms. The monoisotopic (exact) mass is 785 g/mol. The summed E-state index contributed by atoms with van der Waals surface area (Å²) >= 11 is 3.76. The number of anilines is 3. The van der Waals surface area contributed by atoms with Crippen molar-refractivity contribution in [3.8, 4) is 33.4 Å². The average molecular weight is 786 g/mol. The van der Waals surface area contributed by atoms with E-state index < -0.39 is 0 Å². The van der Waals surface area contributed by atoms with Gasteiger partial charge in [-0.25, -0.2) is 0 Å². The molecule has 0 saturated carbocycles. The van der Waals surface area contributed by atoms with Gasteiger partial charge in [-0.2, -0.15) is 0 Å². The fourth-order valence-electron chi connectivity index (χ4n) is 9.05. The molecular weight excluding hydrogens is 751 g/mol. The van der Waals surface area contributed by atoms with Crippen molar-refractivity contribution in [2.45, 2.75) is 0 Å². The van der Waals surface area contributed by atoms with E-state index in [4.69, 9.17) is 0 Å². The van der Waals surface area contributed by atoms with Crippen LogP contribution < -0.4 is 4.90 Å². The van der Waals surface area contributed by atoms with E-state index in [0.29, 0.717) is 0 Å². The number of nitrogens with zero attached hydrogens (tertiary/aromatic N) is 1. The third-order valence-corrected chi connectivity index (χ3v) is 14.3. The molecule has 2 heterocycles. The molecule has 0 N–H and O–H groups in total. The highest BCUT2D eigenvalue weighted by atomic mass is 32.1. The molecule has 0 aliphatic heterocycles. The van der Waals surface area contributed by atoms with Gasteiger partial charge in [-0.15, -0.1) is 22.7 Å². The van der Waals surface area contributed by atoms with Gasteiger partial charge in [0.1, 0.15) is 0 Å². The molecule has 0 radical (unpaired) electrons. The van der Waals surface area contributed by atoms with Gasteiger partial charge in [0.25, 0.3) is 0 Å². The van der Waals surface area contributed by atoms with Gasteiger partial charge in [0.05, 0.1) is 10.4 Å². The average Bonchev–Trinajstić information content (AvgIpc) is 3.88. The Morgan fingerprint density at radius 3 is 1.66 bits per heavy atom. The standard InChI is InChI=1S/C56H35NS2/c1-2-12-37(13-3-1)44-19-10-20-48-49-21-11-22-52(56(49)59-55(44)48)57(41-29-24-36(25-30-41)39-28-33-54-51(34-39)47-18-8-9-23-53(47)58-54)42-31-26-38(27-32-42)50-35-40-14-4-5-15-43(40)45-16-6-7-17-46(45)50/h1-35H. The Balaban J connectivity index is 1.02. The van der Waals surface area contributed by atoms with Gasteiger partial charge in [0, 0.05) is 47.0 Å². The van der Waals surface area contributed by atoms with Crippen molar-refractivity contribution in [3.05, 3.63) is 212 Å². The first-order valence-corrected chi connectivity index (χ1v) is 21.7. The van der Waals surface area contributed by atoms with Crippen molar-refractivity contribution in [1.29, 1.82) is 0 Å². The maximum Gasteiger partial charge on any atom is 0.0640 e. The second-order valence-electron chi connectivity index (χ2n) is 15.2. The molecule has 0 saturated heterocycles. The lowest BCUT2D eigenvalue weighted by Gasteiger charge is -2.26. The van der Waals surface area contributed by atoms with Crippen LogP contribution in [0.5, 0.6) is 0 Å². The van der Waals surface area contributed by atoms with Crippen LogP contribution >= 0.6 is 22.7 Å². The fourth-order valence-corrected chi connectivity index (χ4v) is 11.5. The summed E-state index contributed by atoms with van der Waals surface area (Å²) in [4.78, 5) is 2.45. The molecule has 59 heavy (non-hydrogen) atoms. The van der Waals surface area contributed by atoms with Crippen LogP contribution in [0.1, 0.15) is 0 Å². The molecule has 3 heteroatoms. The molecule has 0 fully saturated rings. The Kier molecular flexibility index (Phi) is 7.97. The van der Waals surface area contributed by atoms with Gasteiger partial charge in [0.2, 0.25) is 0 Å². The Morgan fingerprint density at radius 2 is 0.864 bits per heavy atom. The van der Waals surface area contributed by atoms with Crippen molar-refractivity contribution in [3.63, 3.8) is 0 Å². The third kappa shape index (κ3) is 5.66. The lowest BCUT2D eigenvalue weighted by atomic mass is 9.93. The number of benzene rings is 10. The zero-order chi connectivity index (χ0) is 38.9. The maximum absolute atomic E-state index is 2.45. The first-order chi connectivity index (χ1) is 29.2. The van der Waals surface area contributed by atoms with Gasteiger partial charge < -0.3 is 4.90 Å².